The summed E-state index contributed by atoms with van der Waals surface area (Å²) in [5, 5.41) is 0. The molecule has 1 saturated carbocycles. The van der Waals surface area contributed by atoms with Crippen LogP contribution < -0.4 is 0 Å². The van der Waals surface area contributed by atoms with Crippen molar-refractivity contribution >= 4 is 0 Å². The third kappa shape index (κ3) is 2.75. The first kappa shape index (κ1) is 12.9. The number of hydrogen-bond acceptors (Lipinski definition) is 2. The van der Waals surface area contributed by atoms with Crippen molar-refractivity contribution in [1.82, 2.24) is 9.80 Å². The SMILES string of the molecule is CCC1CCC(N2CCCN3CCCC3C2)CC1. The Morgan fingerprint density at radius 3 is 2.28 bits per heavy atom. The molecule has 18 heavy (non-hydrogen) atoms. The van der Waals surface area contributed by atoms with Crippen molar-refractivity contribution in [1.29, 1.82) is 0 Å². The molecule has 1 unspecified atom stereocenters. The van der Waals surface area contributed by atoms with Gasteiger partial charge in [-0.1, -0.05) is 13.3 Å². The zero-order valence-electron chi connectivity index (χ0n) is 12.1. The van der Waals surface area contributed by atoms with Crippen molar-refractivity contribution in [2.75, 3.05) is 26.2 Å². The Morgan fingerprint density at radius 1 is 0.778 bits per heavy atom. The standard InChI is InChI=1S/C16H30N2/c1-2-14-6-8-15(9-7-14)18-12-4-11-17-10-3-5-16(17)13-18/h14-16H,2-13H2,1H3. The predicted molar refractivity (Wildman–Crippen MR) is 76.8 cm³/mol. The van der Waals surface area contributed by atoms with Crippen LogP contribution in [0.5, 0.6) is 0 Å². The van der Waals surface area contributed by atoms with Gasteiger partial charge < -0.3 is 0 Å². The summed E-state index contributed by atoms with van der Waals surface area (Å²) in [6, 6.07) is 1.82. The highest BCUT2D eigenvalue weighted by Gasteiger charge is 2.32. The Bertz CT molecular complexity index is 258. The summed E-state index contributed by atoms with van der Waals surface area (Å²) >= 11 is 0. The molecule has 1 atom stereocenters. The van der Waals surface area contributed by atoms with E-state index in [0.717, 1.165) is 18.0 Å². The lowest BCUT2D eigenvalue weighted by Gasteiger charge is -2.37. The van der Waals surface area contributed by atoms with Gasteiger partial charge in [0, 0.05) is 18.6 Å². The van der Waals surface area contributed by atoms with Crippen molar-refractivity contribution < 1.29 is 0 Å². The molecule has 2 heterocycles. The Labute approximate surface area is 113 Å². The second kappa shape index (κ2) is 5.92. The molecule has 104 valence electrons. The molecule has 2 nitrogen and oxygen atoms in total. The molecule has 3 fully saturated rings. The lowest BCUT2D eigenvalue weighted by Crippen LogP contribution is -2.43. The van der Waals surface area contributed by atoms with Crippen LogP contribution in [0.3, 0.4) is 0 Å². The first-order valence-corrected chi connectivity index (χ1v) is 8.35. The molecular weight excluding hydrogens is 220 g/mol. The molecule has 0 amide bonds. The van der Waals surface area contributed by atoms with Crippen LogP contribution in [0.4, 0.5) is 0 Å². The molecule has 2 saturated heterocycles. The van der Waals surface area contributed by atoms with Crippen LogP contribution >= 0.6 is 0 Å². The topological polar surface area (TPSA) is 6.48 Å². The Kier molecular flexibility index (Phi) is 4.25. The highest BCUT2D eigenvalue weighted by molar-refractivity contribution is 4.88. The van der Waals surface area contributed by atoms with E-state index in [2.05, 4.69) is 16.7 Å². The van der Waals surface area contributed by atoms with E-state index < -0.39 is 0 Å². The first-order valence-electron chi connectivity index (χ1n) is 8.35. The fraction of sp³-hybridized carbons (Fsp3) is 1.00. The number of hydrogen-bond donors (Lipinski definition) is 0. The molecule has 3 rings (SSSR count). The van der Waals surface area contributed by atoms with Gasteiger partial charge in [-0.25, -0.2) is 0 Å². The van der Waals surface area contributed by atoms with Crippen molar-refractivity contribution in [2.45, 2.75) is 70.4 Å². The molecule has 0 aromatic carbocycles. The molecule has 0 spiro atoms. The van der Waals surface area contributed by atoms with E-state index in [-0.39, 0.29) is 0 Å². The van der Waals surface area contributed by atoms with Crippen LogP contribution in [0.1, 0.15) is 58.3 Å². The molecule has 0 aromatic heterocycles. The van der Waals surface area contributed by atoms with E-state index in [1.54, 1.807) is 0 Å². The van der Waals surface area contributed by atoms with E-state index in [1.807, 2.05) is 0 Å². The maximum absolute atomic E-state index is 2.86. The summed E-state index contributed by atoms with van der Waals surface area (Å²) in [6.45, 7) is 7.86. The van der Waals surface area contributed by atoms with Crippen LogP contribution in [0.2, 0.25) is 0 Å². The van der Waals surface area contributed by atoms with E-state index in [9.17, 15) is 0 Å². The minimum Gasteiger partial charge on any atom is -0.299 e. The van der Waals surface area contributed by atoms with Crippen LogP contribution in [-0.4, -0.2) is 48.1 Å². The van der Waals surface area contributed by atoms with Gasteiger partial charge in [-0.05, 0) is 70.5 Å². The highest BCUT2D eigenvalue weighted by atomic mass is 15.3. The summed E-state index contributed by atoms with van der Waals surface area (Å²) < 4.78 is 0. The third-order valence-electron chi connectivity index (χ3n) is 5.75. The van der Waals surface area contributed by atoms with Crippen molar-refractivity contribution in [3.63, 3.8) is 0 Å². The zero-order chi connectivity index (χ0) is 12.4. The van der Waals surface area contributed by atoms with Gasteiger partial charge in [0.1, 0.15) is 0 Å². The van der Waals surface area contributed by atoms with E-state index >= 15 is 0 Å². The monoisotopic (exact) mass is 250 g/mol. The first-order chi connectivity index (χ1) is 8.86. The molecule has 0 aromatic rings. The van der Waals surface area contributed by atoms with E-state index in [0.29, 0.717) is 0 Å². The van der Waals surface area contributed by atoms with Gasteiger partial charge in [0.15, 0.2) is 0 Å². The number of fused-ring (bicyclic) bond motifs is 1. The normalized spacial score (nSPS) is 39.5. The lowest BCUT2D eigenvalue weighted by molar-refractivity contribution is 0.124. The molecule has 3 aliphatic rings. The summed E-state index contributed by atoms with van der Waals surface area (Å²) in [5.74, 6) is 1.04. The highest BCUT2D eigenvalue weighted by Crippen LogP contribution is 2.31. The molecule has 1 aliphatic carbocycles. The maximum Gasteiger partial charge on any atom is 0.0223 e. The molecular formula is C16H30N2. The zero-order valence-corrected chi connectivity index (χ0v) is 12.1. The van der Waals surface area contributed by atoms with Gasteiger partial charge >= 0.3 is 0 Å². The smallest absolute Gasteiger partial charge is 0.0223 e. The largest absolute Gasteiger partial charge is 0.299 e. The number of rotatable bonds is 2. The number of nitrogens with zero attached hydrogens (tertiary/aromatic N) is 2. The summed E-state index contributed by atoms with van der Waals surface area (Å²) in [6.07, 6.45) is 11.7. The molecule has 2 aliphatic heterocycles. The molecule has 0 radical (unpaired) electrons. The summed E-state index contributed by atoms with van der Waals surface area (Å²) in [4.78, 5) is 5.62. The van der Waals surface area contributed by atoms with Crippen LogP contribution in [0.15, 0.2) is 0 Å². The van der Waals surface area contributed by atoms with Crippen molar-refractivity contribution in [3.05, 3.63) is 0 Å². The Hall–Kier alpha value is -0.0800. The molecule has 0 N–H and O–H groups in total. The third-order valence-corrected chi connectivity index (χ3v) is 5.75. The quantitative estimate of drug-likeness (QED) is 0.743. The van der Waals surface area contributed by atoms with Gasteiger partial charge in [0.25, 0.3) is 0 Å². The minimum atomic E-state index is 0.899. The minimum absolute atomic E-state index is 0.899. The average molecular weight is 250 g/mol. The van der Waals surface area contributed by atoms with Crippen molar-refractivity contribution in [2.24, 2.45) is 5.92 Å². The molecule has 0 bridgehead atoms. The second-order valence-electron chi connectivity index (χ2n) is 6.76. The fourth-order valence-electron chi connectivity index (χ4n) is 4.49. The van der Waals surface area contributed by atoms with Crippen LogP contribution in [0.25, 0.3) is 0 Å². The average Bonchev–Trinajstić information content (AvgIpc) is 2.76. The Balaban J connectivity index is 1.55. The van der Waals surface area contributed by atoms with Gasteiger partial charge in [-0.3, -0.25) is 9.80 Å². The predicted octanol–water partition coefficient (Wildman–Crippen LogP) is 3.13. The van der Waals surface area contributed by atoms with Crippen LogP contribution in [-0.2, 0) is 0 Å². The maximum atomic E-state index is 2.86. The second-order valence-corrected chi connectivity index (χ2v) is 6.76. The van der Waals surface area contributed by atoms with Crippen LogP contribution in [0, 0.1) is 5.92 Å². The molecule has 2 heteroatoms. The lowest BCUT2D eigenvalue weighted by atomic mass is 9.84. The van der Waals surface area contributed by atoms with Gasteiger partial charge in [-0.2, -0.15) is 0 Å². The summed E-state index contributed by atoms with van der Waals surface area (Å²) in [5.41, 5.74) is 0. The van der Waals surface area contributed by atoms with Gasteiger partial charge in [-0.15, -0.1) is 0 Å². The van der Waals surface area contributed by atoms with E-state index in [4.69, 9.17) is 0 Å². The summed E-state index contributed by atoms with van der Waals surface area (Å²) in [7, 11) is 0. The van der Waals surface area contributed by atoms with Crippen molar-refractivity contribution in [3.8, 4) is 0 Å². The van der Waals surface area contributed by atoms with Gasteiger partial charge in [0.2, 0.25) is 0 Å². The van der Waals surface area contributed by atoms with Gasteiger partial charge in [0.05, 0.1) is 0 Å². The Morgan fingerprint density at radius 2 is 1.50 bits per heavy atom. The van der Waals surface area contributed by atoms with E-state index in [1.165, 1.54) is 77.5 Å². The fourth-order valence-corrected chi connectivity index (χ4v) is 4.49.